The van der Waals surface area contributed by atoms with Crippen molar-refractivity contribution in [1.29, 1.82) is 0 Å². The van der Waals surface area contributed by atoms with Gasteiger partial charge in [0.25, 0.3) is 0 Å². The van der Waals surface area contributed by atoms with Crippen molar-refractivity contribution in [2.45, 2.75) is 20.3 Å². The Morgan fingerprint density at radius 3 is 2.28 bits per heavy atom. The molecule has 5 heteroatoms. The Bertz CT molecular complexity index is 309. The number of hydrogen-bond acceptors (Lipinski definition) is 5. The predicted molar refractivity (Wildman–Crippen MR) is 77.0 cm³/mol. The van der Waals surface area contributed by atoms with E-state index in [2.05, 4.69) is 53.4 Å². The zero-order chi connectivity index (χ0) is 13.4. The van der Waals surface area contributed by atoms with Gasteiger partial charge in [0.1, 0.15) is 18.0 Å². The highest BCUT2D eigenvalue weighted by molar-refractivity contribution is 5.46. The minimum Gasteiger partial charge on any atom is -0.370 e. The highest BCUT2D eigenvalue weighted by Gasteiger charge is 1.99. The van der Waals surface area contributed by atoms with Gasteiger partial charge in [0, 0.05) is 25.7 Å². The van der Waals surface area contributed by atoms with E-state index >= 15 is 0 Å². The minimum atomic E-state index is 0.706. The second-order valence-electron chi connectivity index (χ2n) is 5.13. The summed E-state index contributed by atoms with van der Waals surface area (Å²) in [4.78, 5) is 10.5. The van der Waals surface area contributed by atoms with Crippen molar-refractivity contribution in [2.24, 2.45) is 5.92 Å². The van der Waals surface area contributed by atoms with E-state index in [9.17, 15) is 0 Å². The number of hydrogen-bond donors (Lipinski definition) is 2. The molecule has 0 aliphatic rings. The quantitative estimate of drug-likeness (QED) is 0.739. The molecule has 0 aromatic carbocycles. The van der Waals surface area contributed by atoms with Crippen molar-refractivity contribution in [2.75, 3.05) is 44.4 Å². The average molecular weight is 251 g/mol. The molecule has 0 amide bonds. The van der Waals surface area contributed by atoms with Crippen molar-refractivity contribution >= 4 is 11.6 Å². The first-order valence-electron chi connectivity index (χ1n) is 6.52. The molecular formula is C13H25N5. The van der Waals surface area contributed by atoms with E-state index in [1.807, 2.05) is 6.07 Å². The monoisotopic (exact) mass is 251 g/mol. The number of anilines is 2. The molecule has 0 radical (unpaired) electrons. The molecule has 0 fully saturated rings. The van der Waals surface area contributed by atoms with Crippen molar-refractivity contribution in [3.63, 3.8) is 0 Å². The van der Waals surface area contributed by atoms with Crippen molar-refractivity contribution < 1.29 is 0 Å². The van der Waals surface area contributed by atoms with Gasteiger partial charge in [0.15, 0.2) is 0 Å². The lowest BCUT2D eigenvalue weighted by Crippen LogP contribution is -2.21. The Morgan fingerprint density at radius 1 is 1.11 bits per heavy atom. The second-order valence-corrected chi connectivity index (χ2v) is 5.13. The predicted octanol–water partition coefficient (Wildman–Crippen LogP) is 1.91. The Labute approximate surface area is 110 Å². The van der Waals surface area contributed by atoms with Gasteiger partial charge >= 0.3 is 0 Å². The maximum atomic E-state index is 4.21. The first-order chi connectivity index (χ1) is 8.58. The molecule has 1 aromatic heterocycles. The topological polar surface area (TPSA) is 53.1 Å². The molecule has 1 aromatic rings. The Kier molecular flexibility index (Phi) is 6.43. The molecule has 0 unspecified atom stereocenters. The van der Waals surface area contributed by atoms with Gasteiger partial charge < -0.3 is 15.5 Å². The van der Waals surface area contributed by atoms with E-state index in [1.165, 1.54) is 0 Å². The summed E-state index contributed by atoms with van der Waals surface area (Å²) < 4.78 is 0. The van der Waals surface area contributed by atoms with Gasteiger partial charge in [-0.05, 0) is 26.4 Å². The molecular weight excluding hydrogens is 226 g/mol. The first-order valence-corrected chi connectivity index (χ1v) is 6.52. The lowest BCUT2D eigenvalue weighted by atomic mass is 10.1. The smallest absolute Gasteiger partial charge is 0.131 e. The largest absolute Gasteiger partial charge is 0.370 e. The summed E-state index contributed by atoms with van der Waals surface area (Å²) in [6, 6.07) is 1.95. The number of nitrogens with one attached hydrogen (secondary N) is 2. The summed E-state index contributed by atoms with van der Waals surface area (Å²) in [6.07, 6.45) is 2.74. The summed E-state index contributed by atoms with van der Waals surface area (Å²) in [5.41, 5.74) is 0. The first kappa shape index (κ1) is 14.7. The van der Waals surface area contributed by atoms with Gasteiger partial charge in [0.05, 0.1) is 0 Å². The molecule has 0 atom stereocenters. The molecule has 1 rings (SSSR count). The third-order valence-corrected chi connectivity index (χ3v) is 2.56. The van der Waals surface area contributed by atoms with Crippen LogP contribution in [0.2, 0.25) is 0 Å². The van der Waals surface area contributed by atoms with Crippen LogP contribution < -0.4 is 10.6 Å². The maximum Gasteiger partial charge on any atom is 0.131 e. The lowest BCUT2D eigenvalue weighted by molar-refractivity contribution is 0.425. The number of rotatable bonds is 8. The van der Waals surface area contributed by atoms with E-state index in [-0.39, 0.29) is 0 Å². The highest BCUT2D eigenvalue weighted by atomic mass is 15.1. The Morgan fingerprint density at radius 2 is 1.72 bits per heavy atom. The van der Waals surface area contributed by atoms with Crippen LogP contribution in [0.4, 0.5) is 11.6 Å². The maximum absolute atomic E-state index is 4.21. The number of likely N-dealkylation sites (N-methyl/N-ethyl adjacent to an activating group) is 1. The third kappa shape index (κ3) is 6.39. The van der Waals surface area contributed by atoms with Gasteiger partial charge in [-0.3, -0.25) is 0 Å². The van der Waals surface area contributed by atoms with Crippen molar-refractivity contribution in [3.05, 3.63) is 12.4 Å². The van der Waals surface area contributed by atoms with Crippen molar-refractivity contribution in [1.82, 2.24) is 14.9 Å². The highest BCUT2D eigenvalue weighted by Crippen LogP contribution is 2.09. The van der Waals surface area contributed by atoms with E-state index in [0.29, 0.717) is 5.92 Å². The summed E-state index contributed by atoms with van der Waals surface area (Å²) in [6.45, 7) is 7.26. The van der Waals surface area contributed by atoms with Crippen LogP contribution in [0, 0.1) is 5.92 Å². The zero-order valence-electron chi connectivity index (χ0n) is 11.9. The van der Waals surface area contributed by atoms with E-state index in [0.717, 1.165) is 37.7 Å². The standard InChI is InChI=1S/C13H25N5/c1-11(2)5-6-14-12-9-13(17-10-16-12)15-7-8-18(3)4/h9-11H,5-8H2,1-4H3,(H2,14,15,16,17). The lowest BCUT2D eigenvalue weighted by Gasteiger charge is -2.12. The van der Waals surface area contributed by atoms with Crippen LogP contribution in [-0.2, 0) is 0 Å². The van der Waals surface area contributed by atoms with Crippen LogP contribution in [0.3, 0.4) is 0 Å². The van der Waals surface area contributed by atoms with E-state index < -0.39 is 0 Å². The van der Waals surface area contributed by atoms with Crippen molar-refractivity contribution in [3.8, 4) is 0 Å². The molecule has 0 bridgehead atoms. The van der Waals surface area contributed by atoms with Crippen LogP contribution >= 0.6 is 0 Å². The molecule has 0 saturated heterocycles. The Balaban J connectivity index is 2.36. The molecule has 5 nitrogen and oxygen atoms in total. The minimum absolute atomic E-state index is 0.706. The molecule has 0 saturated carbocycles. The third-order valence-electron chi connectivity index (χ3n) is 2.56. The average Bonchev–Trinajstić information content (AvgIpc) is 2.28. The molecule has 102 valence electrons. The van der Waals surface area contributed by atoms with E-state index in [1.54, 1.807) is 6.33 Å². The fourth-order valence-corrected chi connectivity index (χ4v) is 1.45. The molecule has 0 aliphatic carbocycles. The fraction of sp³-hybridized carbons (Fsp3) is 0.692. The molecule has 0 aliphatic heterocycles. The zero-order valence-corrected chi connectivity index (χ0v) is 11.9. The van der Waals surface area contributed by atoms with Gasteiger partial charge in [-0.15, -0.1) is 0 Å². The van der Waals surface area contributed by atoms with Crippen LogP contribution in [0.15, 0.2) is 12.4 Å². The summed E-state index contributed by atoms with van der Waals surface area (Å²) in [7, 11) is 4.11. The van der Waals surface area contributed by atoms with Crippen LogP contribution in [-0.4, -0.2) is 48.6 Å². The number of aromatic nitrogens is 2. The van der Waals surface area contributed by atoms with Gasteiger partial charge in [-0.25, -0.2) is 9.97 Å². The van der Waals surface area contributed by atoms with Crippen LogP contribution in [0.25, 0.3) is 0 Å². The normalized spacial score (nSPS) is 11.0. The van der Waals surface area contributed by atoms with E-state index in [4.69, 9.17) is 0 Å². The molecule has 1 heterocycles. The molecule has 2 N–H and O–H groups in total. The summed E-state index contributed by atoms with van der Waals surface area (Å²) >= 11 is 0. The summed E-state index contributed by atoms with van der Waals surface area (Å²) in [5, 5.41) is 6.60. The second kappa shape index (κ2) is 7.87. The van der Waals surface area contributed by atoms with Gasteiger partial charge in [0.2, 0.25) is 0 Å². The fourth-order valence-electron chi connectivity index (χ4n) is 1.45. The number of nitrogens with zero attached hydrogens (tertiary/aromatic N) is 3. The van der Waals surface area contributed by atoms with Gasteiger partial charge in [-0.2, -0.15) is 0 Å². The molecule has 0 spiro atoms. The SMILES string of the molecule is CC(C)CCNc1cc(NCCN(C)C)ncn1. The van der Waals surface area contributed by atoms with Crippen LogP contribution in [0.5, 0.6) is 0 Å². The Hall–Kier alpha value is -1.36. The molecule has 18 heavy (non-hydrogen) atoms. The summed E-state index contributed by atoms with van der Waals surface area (Å²) in [5.74, 6) is 2.47. The van der Waals surface area contributed by atoms with Crippen LogP contribution in [0.1, 0.15) is 20.3 Å². The van der Waals surface area contributed by atoms with Gasteiger partial charge in [-0.1, -0.05) is 13.8 Å².